The number of fused-ring (bicyclic) bond motifs is 1. The number of rotatable bonds is 1. The fraction of sp³-hybridized carbons (Fsp3) is 0. The van der Waals surface area contributed by atoms with Gasteiger partial charge in [0.25, 0.3) is 5.91 Å². The zero-order valence-corrected chi connectivity index (χ0v) is 8.59. The predicted octanol–water partition coefficient (Wildman–Crippen LogP) is 0.672. The molecule has 0 atom stereocenters. The van der Waals surface area contributed by atoms with E-state index in [9.17, 15) is 4.79 Å². The van der Waals surface area contributed by atoms with Crippen molar-refractivity contribution in [2.24, 2.45) is 5.73 Å². The average molecular weight is 235 g/mol. The quantitative estimate of drug-likeness (QED) is 0.789. The van der Waals surface area contributed by atoms with E-state index < -0.39 is 5.91 Å². The van der Waals surface area contributed by atoms with Crippen LogP contribution in [0.3, 0.4) is 0 Å². The Labute approximate surface area is 92.1 Å². The first-order chi connectivity index (χ1) is 5.79. The fourth-order valence-corrected chi connectivity index (χ4v) is 1.00. The molecule has 0 radical (unpaired) electrons. The zero-order valence-electron chi connectivity index (χ0n) is 6.95. The van der Waals surface area contributed by atoms with Gasteiger partial charge in [-0.15, -0.1) is 24.8 Å². The van der Waals surface area contributed by atoms with Crippen molar-refractivity contribution in [1.82, 2.24) is 14.6 Å². The van der Waals surface area contributed by atoms with Crippen molar-refractivity contribution in [3.8, 4) is 0 Å². The SMILES string of the molecule is Cl.Cl.NC(=O)c1cnn2cccnc12. The predicted molar refractivity (Wildman–Crippen MR) is 56.0 cm³/mol. The van der Waals surface area contributed by atoms with E-state index in [1.165, 1.54) is 10.7 Å². The molecule has 2 aromatic heterocycles. The van der Waals surface area contributed by atoms with Crippen molar-refractivity contribution >= 4 is 36.4 Å². The van der Waals surface area contributed by atoms with Crippen molar-refractivity contribution in [3.05, 3.63) is 30.2 Å². The van der Waals surface area contributed by atoms with Crippen LogP contribution < -0.4 is 5.73 Å². The molecule has 0 aromatic carbocycles. The smallest absolute Gasteiger partial charge is 0.254 e. The highest BCUT2D eigenvalue weighted by Crippen LogP contribution is 2.04. The van der Waals surface area contributed by atoms with E-state index in [0.717, 1.165) is 0 Å². The largest absolute Gasteiger partial charge is 0.365 e. The Morgan fingerprint density at radius 3 is 2.79 bits per heavy atom. The molecular weight excluding hydrogens is 227 g/mol. The van der Waals surface area contributed by atoms with E-state index in [1.54, 1.807) is 18.5 Å². The average Bonchev–Trinajstić information content (AvgIpc) is 2.47. The van der Waals surface area contributed by atoms with E-state index in [0.29, 0.717) is 11.2 Å². The standard InChI is InChI=1S/C7H6N4O.2ClH/c8-6(12)5-4-10-11-3-1-2-9-7(5)11;;/h1-4H,(H2,8,12);2*1H. The molecule has 0 bridgehead atoms. The lowest BCUT2D eigenvalue weighted by Gasteiger charge is -1.90. The summed E-state index contributed by atoms with van der Waals surface area (Å²) in [4.78, 5) is 14.8. The number of hydrogen-bond acceptors (Lipinski definition) is 3. The minimum absolute atomic E-state index is 0. The topological polar surface area (TPSA) is 73.3 Å². The maximum absolute atomic E-state index is 10.8. The van der Waals surface area contributed by atoms with Crippen LogP contribution in [-0.2, 0) is 0 Å². The van der Waals surface area contributed by atoms with Gasteiger partial charge in [0.1, 0.15) is 5.56 Å². The van der Waals surface area contributed by atoms with Gasteiger partial charge < -0.3 is 5.73 Å². The summed E-state index contributed by atoms with van der Waals surface area (Å²) in [6, 6.07) is 1.73. The Morgan fingerprint density at radius 1 is 1.43 bits per heavy atom. The normalized spacial score (nSPS) is 8.86. The van der Waals surface area contributed by atoms with Crippen LogP contribution in [0.15, 0.2) is 24.7 Å². The molecule has 2 rings (SSSR count). The van der Waals surface area contributed by atoms with Crippen molar-refractivity contribution in [2.45, 2.75) is 0 Å². The number of carbonyl (C=O) groups is 1. The third-order valence-electron chi connectivity index (χ3n) is 1.54. The van der Waals surface area contributed by atoms with Gasteiger partial charge in [-0.1, -0.05) is 0 Å². The minimum atomic E-state index is -0.510. The Morgan fingerprint density at radius 2 is 2.14 bits per heavy atom. The Balaban J connectivity index is 0.000000845. The lowest BCUT2D eigenvalue weighted by Crippen LogP contribution is -2.10. The Kier molecular flexibility index (Phi) is 4.33. The van der Waals surface area contributed by atoms with Crippen LogP contribution in [0.1, 0.15) is 10.4 Å². The number of amides is 1. The van der Waals surface area contributed by atoms with E-state index in [4.69, 9.17) is 5.73 Å². The fourth-order valence-electron chi connectivity index (χ4n) is 1.00. The van der Waals surface area contributed by atoms with Gasteiger partial charge in [-0.05, 0) is 6.07 Å². The summed E-state index contributed by atoms with van der Waals surface area (Å²) < 4.78 is 1.50. The highest BCUT2D eigenvalue weighted by molar-refractivity contribution is 5.98. The molecule has 2 aromatic rings. The van der Waals surface area contributed by atoms with E-state index in [-0.39, 0.29) is 24.8 Å². The third-order valence-corrected chi connectivity index (χ3v) is 1.54. The number of carbonyl (C=O) groups excluding carboxylic acids is 1. The van der Waals surface area contributed by atoms with Crippen LogP contribution in [0.5, 0.6) is 0 Å². The summed E-state index contributed by atoms with van der Waals surface area (Å²) in [5, 5.41) is 3.89. The van der Waals surface area contributed by atoms with Gasteiger partial charge in [0, 0.05) is 12.4 Å². The zero-order chi connectivity index (χ0) is 8.55. The van der Waals surface area contributed by atoms with Gasteiger partial charge in [-0.2, -0.15) is 5.10 Å². The summed E-state index contributed by atoms with van der Waals surface area (Å²) in [5.74, 6) is -0.510. The Hall–Kier alpha value is -1.33. The first-order valence-electron chi connectivity index (χ1n) is 3.37. The molecule has 0 saturated heterocycles. The molecule has 0 fully saturated rings. The highest BCUT2D eigenvalue weighted by atomic mass is 35.5. The van der Waals surface area contributed by atoms with Gasteiger partial charge in [-0.25, -0.2) is 9.50 Å². The second-order valence-electron chi connectivity index (χ2n) is 2.31. The molecule has 0 aliphatic carbocycles. The van der Waals surface area contributed by atoms with Crippen LogP contribution in [0.2, 0.25) is 0 Å². The molecule has 14 heavy (non-hydrogen) atoms. The van der Waals surface area contributed by atoms with Crippen LogP contribution in [0.25, 0.3) is 5.65 Å². The molecule has 0 aliphatic heterocycles. The number of halogens is 2. The molecular formula is C7H8Cl2N4O. The molecule has 1 amide bonds. The number of primary amides is 1. The molecule has 2 heterocycles. The Bertz CT molecular complexity index is 442. The van der Waals surface area contributed by atoms with Gasteiger partial charge in [0.2, 0.25) is 0 Å². The van der Waals surface area contributed by atoms with Gasteiger partial charge in [0.05, 0.1) is 6.20 Å². The molecule has 76 valence electrons. The maximum atomic E-state index is 10.8. The molecule has 0 unspecified atom stereocenters. The van der Waals surface area contributed by atoms with Crippen LogP contribution in [0, 0.1) is 0 Å². The first kappa shape index (κ1) is 12.7. The number of nitrogens with two attached hydrogens (primary N) is 1. The summed E-state index contributed by atoms with van der Waals surface area (Å²) in [7, 11) is 0. The second kappa shape index (κ2) is 4.78. The molecule has 2 N–H and O–H groups in total. The lowest BCUT2D eigenvalue weighted by molar-refractivity contribution is 0.100. The van der Waals surface area contributed by atoms with Crippen LogP contribution in [0.4, 0.5) is 0 Å². The van der Waals surface area contributed by atoms with Crippen molar-refractivity contribution < 1.29 is 4.79 Å². The van der Waals surface area contributed by atoms with Crippen molar-refractivity contribution in [1.29, 1.82) is 0 Å². The van der Waals surface area contributed by atoms with Gasteiger partial charge >= 0.3 is 0 Å². The monoisotopic (exact) mass is 234 g/mol. The lowest BCUT2D eigenvalue weighted by atomic mass is 10.3. The molecule has 0 saturated carbocycles. The highest BCUT2D eigenvalue weighted by Gasteiger charge is 2.08. The maximum Gasteiger partial charge on any atom is 0.254 e. The van der Waals surface area contributed by atoms with Crippen LogP contribution >= 0.6 is 24.8 Å². The summed E-state index contributed by atoms with van der Waals surface area (Å²) in [6.07, 6.45) is 4.70. The number of nitrogens with zero attached hydrogens (tertiary/aromatic N) is 3. The second-order valence-corrected chi connectivity index (χ2v) is 2.31. The number of hydrogen-bond donors (Lipinski definition) is 1. The van der Waals surface area contributed by atoms with Crippen molar-refractivity contribution in [3.63, 3.8) is 0 Å². The van der Waals surface area contributed by atoms with Crippen LogP contribution in [-0.4, -0.2) is 20.5 Å². The summed E-state index contributed by atoms with van der Waals surface area (Å²) in [5.41, 5.74) is 5.93. The molecule has 0 spiro atoms. The van der Waals surface area contributed by atoms with E-state index in [2.05, 4.69) is 10.1 Å². The van der Waals surface area contributed by atoms with E-state index >= 15 is 0 Å². The minimum Gasteiger partial charge on any atom is -0.365 e. The number of aromatic nitrogens is 3. The molecule has 7 heteroatoms. The first-order valence-corrected chi connectivity index (χ1v) is 3.37. The van der Waals surface area contributed by atoms with E-state index in [1.807, 2.05) is 0 Å². The molecule has 5 nitrogen and oxygen atoms in total. The summed E-state index contributed by atoms with van der Waals surface area (Å²) in [6.45, 7) is 0. The van der Waals surface area contributed by atoms with Gasteiger partial charge in [0.15, 0.2) is 5.65 Å². The van der Waals surface area contributed by atoms with Gasteiger partial charge in [-0.3, -0.25) is 4.79 Å². The summed E-state index contributed by atoms with van der Waals surface area (Å²) >= 11 is 0. The molecule has 0 aliphatic rings. The third kappa shape index (κ3) is 1.94. The van der Waals surface area contributed by atoms with Crippen molar-refractivity contribution in [2.75, 3.05) is 0 Å².